The topological polar surface area (TPSA) is 75.3 Å². The SMILES string of the molecule is COCCCNC(=O)NCCNc1ncc(Cl)cc1Cl. The summed E-state index contributed by atoms with van der Waals surface area (Å²) >= 11 is 11.7. The van der Waals surface area contributed by atoms with Crippen LogP contribution in [-0.4, -0.2) is 44.4 Å². The van der Waals surface area contributed by atoms with Crippen LogP contribution in [0.1, 0.15) is 6.42 Å². The van der Waals surface area contributed by atoms with Crippen LogP contribution in [0.3, 0.4) is 0 Å². The average Bonchev–Trinajstić information content (AvgIpc) is 2.41. The summed E-state index contributed by atoms with van der Waals surface area (Å²) in [4.78, 5) is 15.4. The Morgan fingerprint density at radius 2 is 2.05 bits per heavy atom. The Bertz CT molecular complexity index is 432. The lowest BCUT2D eigenvalue weighted by molar-refractivity contribution is 0.193. The fourth-order valence-electron chi connectivity index (χ4n) is 1.38. The summed E-state index contributed by atoms with van der Waals surface area (Å²) < 4.78 is 4.88. The molecule has 0 aliphatic rings. The molecule has 0 fully saturated rings. The molecule has 0 aliphatic carbocycles. The van der Waals surface area contributed by atoms with Gasteiger partial charge in [-0.1, -0.05) is 23.2 Å². The second-order valence-corrected chi connectivity index (χ2v) is 4.78. The lowest BCUT2D eigenvalue weighted by atomic mass is 10.4. The second kappa shape index (κ2) is 9.63. The van der Waals surface area contributed by atoms with E-state index in [0.717, 1.165) is 6.42 Å². The monoisotopic (exact) mass is 320 g/mol. The molecular formula is C12H18Cl2N4O2. The molecule has 1 heterocycles. The van der Waals surface area contributed by atoms with Gasteiger partial charge in [-0.3, -0.25) is 0 Å². The van der Waals surface area contributed by atoms with Crippen LogP contribution in [0.15, 0.2) is 12.3 Å². The number of carbonyl (C=O) groups is 1. The molecule has 0 spiro atoms. The number of carbonyl (C=O) groups excluding carboxylic acids is 1. The maximum absolute atomic E-state index is 11.4. The highest BCUT2D eigenvalue weighted by molar-refractivity contribution is 6.35. The Labute approximate surface area is 128 Å². The number of ether oxygens (including phenoxy) is 1. The molecular weight excluding hydrogens is 303 g/mol. The molecule has 0 radical (unpaired) electrons. The number of nitrogens with zero attached hydrogens (tertiary/aromatic N) is 1. The third kappa shape index (κ3) is 6.79. The van der Waals surface area contributed by atoms with Gasteiger partial charge in [0.25, 0.3) is 0 Å². The summed E-state index contributed by atoms with van der Waals surface area (Å²) in [7, 11) is 1.63. The first kappa shape index (κ1) is 16.8. The van der Waals surface area contributed by atoms with E-state index in [9.17, 15) is 4.79 Å². The van der Waals surface area contributed by atoms with Gasteiger partial charge in [0.05, 0.1) is 10.0 Å². The van der Waals surface area contributed by atoms with Gasteiger partial charge in [0.15, 0.2) is 0 Å². The number of anilines is 1. The van der Waals surface area contributed by atoms with Gasteiger partial charge < -0.3 is 20.7 Å². The summed E-state index contributed by atoms with van der Waals surface area (Å²) in [5.74, 6) is 0.540. The third-order valence-corrected chi connectivity index (χ3v) is 2.82. The summed E-state index contributed by atoms with van der Waals surface area (Å²) in [6, 6.07) is 1.40. The van der Waals surface area contributed by atoms with Crippen LogP contribution in [0.25, 0.3) is 0 Å². The van der Waals surface area contributed by atoms with Crippen molar-refractivity contribution in [2.45, 2.75) is 6.42 Å². The first-order valence-corrected chi connectivity index (χ1v) is 6.94. The van der Waals surface area contributed by atoms with Crippen molar-refractivity contribution in [1.82, 2.24) is 15.6 Å². The van der Waals surface area contributed by atoms with E-state index in [2.05, 4.69) is 20.9 Å². The minimum Gasteiger partial charge on any atom is -0.385 e. The second-order valence-electron chi connectivity index (χ2n) is 3.94. The molecule has 0 saturated carbocycles. The first-order valence-electron chi connectivity index (χ1n) is 6.19. The predicted molar refractivity (Wildman–Crippen MR) is 80.6 cm³/mol. The maximum Gasteiger partial charge on any atom is 0.314 e. The van der Waals surface area contributed by atoms with Crippen LogP contribution in [0.5, 0.6) is 0 Å². The zero-order valence-corrected chi connectivity index (χ0v) is 12.7. The first-order chi connectivity index (χ1) is 9.63. The van der Waals surface area contributed by atoms with E-state index < -0.39 is 0 Å². The van der Waals surface area contributed by atoms with Crippen molar-refractivity contribution in [2.24, 2.45) is 0 Å². The molecule has 3 N–H and O–H groups in total. The van der Waals surface area contributed by atoms with Crippen LogP contribution in [-0.2, 0) is 4.74 Å². The minimum absolute atomic E-state index is 0.210. The normalized spacial score (nSPS) is 10.2. The third-order valence-electron chi connectivity index (χ3n) is 2.32. The van der Waals surface area contributed by atoms with E-state index in [4.69, 9.17) is 27.9 Å². The molecule has 20 heavy (non-hydrogen) atoms. The molecule has 0 bridgehead atoms. The molecule has 0 atom stereocenters. The van der Waals surface area contributed by atoms with Crippen molar-refractivity contribution in [3.05, 3.63) is 22.3 Å². The van der Waals surface area contributed by atoms with Crippen molar-refractivity contribution in [1.29, 1.82) is 0 Å². The van der Waals surface area contributed by atoms with Gasteiger partial charge in [-0.05, 0) is 12.5 Å². The maximum atomic E-state index is 11.4. The molecule has 0 unspecified atom stereocenters. The number of nitrogens with one attached hydrogen (secondary N) is 3. The van der Waals surface area contributed by atoms with Crippen LogP contribution < -0.4 is 16.0 Å². The number of urea groups is 1. The molecule has 0 saturated heterocycles. The van der Waals surface area contributed by atoms with E-state index in [1.54, 1.807) is 13.2 Å². The number of aromatic nitrogens is 1. The number of amides is 2. The smallest absolute Gasteiger partial charge is 0.314 e. The van der Waals surface area contributed by atoms with Gasteiger partial charge in [-0.15, -0.1) is 0 Å². The van der Waals surface area contributed by atoms with Gasteiger partial charge in [0.1, 0.15) is 5.82 Å². The van der Waals surface area contributed by atoms with E-state index in [-0.39, 0.29) is 6.03 Å². The average molecular weight is 321 g/mol. The molecule has 8 heteroatoms. The molecule has 2 amide bonds. The largest absolute Gasteiger partial charge is 0.385 e. The van der Waals surface area contributed by atoms with Crippen LogP contribution in [0.2, 0.25) is 10.0 Å². The number of halogens is 2. The Balaban J connectivity index is 2.13. The van der Waals surface area contributed by atoms with Gasteiger partial charge >= 0.3 is 6.03 Å². The van der Waals surface area contributed by atoms with Crippen LogP contribution in [0.4, 0.5) is 10.6 Å². The van der Waals surface area contributed by atoms with Crippen LogP contribution in [0, 0.1) is 0 Å². The Hall–Kier alpha value is -1.24. The Morgan fingerprint density at radius 3 is 2.75 bits per heavy atom. The minimum atomic E-state index is -0.210. The molecule has 1 aromatic heterocycles. The van der Waals surface area contributed by atoms with Crippen molar-refractivity contribution < 1.29 is 9.53 Å². The standard InChI is InChI=1S/C12H18Cl2N4O2/c1-20-6-2-3-16-12(19)17-5-4-15-11-10(14)7-9(13)8-18-11/h7-8H,2-6H2,1H3,(H,15,18)(H2,16,17,19). The molecule has 112 valence electrons. The molecule has 6 nitrogen and oxygen atoms in total. The van der Waals surface area contributed by atoms with Crippen molar-refractivity contribution in [2.75, 3.05) is 38.7 Å². The predicted octanol–water partition coefficient (Wildman–Crippen LogP) is 2.14. The Kier molecular flexibility index (Phi) is 8.10. The molecule has 0 aliphatic heterocycles. The number of rotatable bonds is 8. The molecule has 0 aromatic carbocycles. The van der Waals surface area contributed by atoms with Gasteiger partial charge in [0.2, 0.25) is 0 Å². The highest BCUT2D eigenvalue weighted by Crippen LogP contribution is 2.21. The van der Waals surface area contributed by atoms with Crippen molar-refractivity contribution in [3.63, 3.8) is 0 Å². The summed E-state index contributed by atoms with van der Waals surface area (Å²) in [6.07, 6.45) is 2.29. The highest BCUT2D eigenvalue weighted by Gasteiger charge is 2.02. The lowest BCUT2D eigenvalue weighted by Gasteiger charge is -2.09. The highest BCUT2D eigenvalue weighted by atomic mass is 35.5. The summed E-state index contributed by atoms with van der Waals surface area (Å²) in [5, 5.41) is 9.36. The van der Waals surface area contributed by atoms with Gasteiger partial charge in [0, 0.05) is 39.5 Å². The number of methoxy groups -OCH3 is 1. The van der Waals surface area contributed by atoms with Gasteiger partial charge in [-0.25, -0.2) is 9.78 Å². The van der Waals surface area contributed by atoms with E-state index >= 15 is 0 Å². The summed E-state index contributed by atoms with van der Waals surface area (Å²) in [6.45, 7) is 2.18. The number of pyridine rings is 1. The zero-order valence-electron chi connectivity index (χ0n) is 11.2. The zero-order chi connectivity index (χ0) is 14.8. The fourth-order valence-corrected chi connectivity index (χ4v) is 1.83. The van der Waals surface area contributed by atoms with Crippen molar-refractivity contribution >= 4 is 35.1 Å². The van der Waals surface area contributed by atoms with Crippen molar-refractivity contribution in [3.8, 4) is 0 Å². The fraction of sp³-hybridized carbons (Fsp3) is 0.500. The van der Waals surface area contributed by atoms with Gasteiger partial charge in [-0.2, -0.15) is 0 Å². The molecule has 1 rings (SSSR count). The van der Waals surface area contributed by atoms with E-state index in [0.29, 0.717) is 42.1 Å². The van der Waals surface area contributed by atoms with E-state index in [1.165, 1.54) is 6.20 Å². The lowest BCUT2D eigenvalue weighted by Crippen LogP contribution is -2.38. The summed E-state index contributed by atoms with van der Waals surface area (Å²) in [5.41, 5.74) is 0. The Morgan fingerprint density at radius 1 is 1.30 bits per heavy atom. The van der Waals surface area contributed by atoms with E-state index in [1.807, 2.05) is 0 Å². The number of hydrogen-bond donors (Lipinski definition) is 3. The molecule has 1 aromatic rings. The number of hydrogen-bond acceptors (Lipinski definition) is 4. The van der Waals surface area contributed by atoms with Crippen LogP contribution >= 0.6 is 23.2 Å². The quantitative estimate of drug-likeness (QED) is 0.641.